The molecular weight excluding hydrogens is 374 g/mol. The molecule has 4 nitrogen and oxygen atoms in total. The number of nitrogens with one attached hydrogen (secondary N) is 1. The van der Waals surface area contributed by atoms with Crippen LogP contribution in [0.5, 0.6) is 0 Å². The van der Waals surface area contributed by atoms with E-state index < -0.39 is 0 Å². The molecule has 0 saturated heterocycles. The van der Waals surface area contributed by atoms with Gasteiger partial charge in [-0.15, -0.1) is 0 Å². The van der Waals surface area contributed by atoms with Gasteiger partial charge < -0.3 is 9.55 Å². The Morgan fingerprint density at radius 1 is 0.889 bits per heavy atom. The average molecular weight is 390 g/mol. The van der Waals surface area contributed by atoms with Crippen LogP contribution in [0, 0.1) is 4.77 Å². The highest BCUT2D eigenvalue weighted by molar-refractivity contribution is 7.99. The summed E-state index contributed by atoms with van der Waals surface area (Å²) in [5.74, 6) is -0.0175. The molecule has 1 aromatic heterocycles. The molecule has 4 aromatic rings. The van der Waals surface area contributed by atoms with Gasteiger partial charge in [0.2, 0.25) is 0 Å². The number of anilines is 2. The summed E-state index contributed by atoms with van der Waals surface area (Å²) in [4.78, 5) is 20.6. The number of amides is 1. The molecule has 1 N–H and O–H groups in total. The third-order valence-electron chi connectivity index (χ3n) is 4.66. The predicted octanol–water partition coefficient (Wildman–Crippen LogP) is 5.53. The van der Waals surface area contributed by atoms with E-state index >= 15 is 0 Å². The molecular formula is C21H15N3OS2. The summed E-state index contributed by atoms with van der Waals surface area (Å²) < 4.78 is 2.41. The van der Waals surface area contributed by atoms with Crippen LogP contribution in [-0.4, -0.2) is 15.5 Å². The monoisotopic (exact) mass is 389 g/mol. The van der Waals surface area contributed by atoms with Crippen molar-refractivity contribution in [3.05, 3.63) is 77.6 Å². The first kappa shape index (κ1) is 16.4. The summed E-state index contributed by atoms with van der Waals surface area (Å²) >= 11 is 7.15. The van der Waals surface area contributed by atoms with E-state index in [1.54, 1.807) is 11.8 Å². The van der Waals surface area contributed by atoms with Crippen molar-refractivity contribution >= 4 is 52.3 Å². The van der Waals surface area contributed by atoms with Crippen LogP contribution in [0.3, 0.4) is 0 Å². The van der Waals surface area contributed by atoms with Crippen molar-refractivity contribution in [2.24, 2.45) is 0 Å². The van der Waals surface area contributed by atoms with Gasteiger partial charge in [0.1, 0.15) is 6.54 Å². The number of nitrogens with zero attached hydrogens (tertiary/aromatic N) is 2. The number of aromatic amines is 1. The van der Waals surface area contributed by atoms with Gasteiger partial charge >= 0.3 is 0 Å². The fourth-order valence-electron chi connectivity index (χ4n) is 3.44. The third kappa shape index (κ3) is 2.69. The van der Waals surface area contributed by atoms with Gasteiger partial charge in [-0.3, -0.25) is 9.69 Å². The van der Waals surface area contributed by atoms with Gasteiger partial charge in [0, 0.05) is 9.79 Å². The number of carbonyl (C=O) groups excluding carboxylic acids is 1. The van der Waals surface area contributed by atoms with Crippen LogP contribution < -0.4 is 4.90 Å². The van der Waals surface area contributed by atoms with Gasteiger partial charge in [-0.25, -0.2) is 0 Å². The Labute approximate surface area is 165 Å². The lowest BCUT2D eigenvalue weighted by atomic mass is 10.2. The Bertz CT molecular complexity index is 1200. The van der Waals surface area contributed by atoms with Gasteiger partial charge in [0.05, 0.1) is 22.4 Å². The molecule has 0 spiro atoms. The standard InChI is InChI=1S/C21H15N3OS2/c25-20(13-23-15-8-2-1-7-14(15)22-21(23)26)24-16-9-3-5-11-18(16)27-19-12-6-4-10-17(19)24/h1-12H,13H2,(H,22,26). The van der Waals surface area contributed by atoms with E-state index in [4.69, 9.17) is 12.2 Å². The first-order chi connectivity index (χ1) is 13.2. The van der Waals surface area contributed by atoms with E-state index in [9.17, 15) is 4.79 Å². The average Bonchev–Trinajstić information content (AvgIpc) is 3.01. The van der Waals surface area contributed by atoms with E-state index in [0.717, 1.165) is 32.2 Å². The van der Waals surface area contributed by atoms with Crippen LogP contribution in [0.25, 0.3) is 11.0 Å². The minimum Gasteiger partial charge on any atom is -0.331 e. The lowest BCUT2D eigenvalue weighted by Crippen LogP contribution is -2.31. The second-order valence-corrected chi connectivity index (χ2v) is 7.77. The molecule has 27 heavy (non-hydrogen) atoms. The second-order valence-electron chi connectivity index (χ2n) is 6.30. The highest BCUT2D eigenvalue weighted by Crippen LogP contribution is 2.47. The molecule has 2 heterocycles. The molecule has 0 radical (unpaired) electrons. The fraction of sp³-hybridized carbons (Fsp3) is 0.0476. The fourth-order valence-corrected chi connectivity index (χ4v) is 4.77. The number of hydrogen-bond donors (Lipinski definition) is 1. The summed E-state index contributed by atoms with van der Waals surface area (Å²) in [6, 6.07) is 23.8. The van der Waals surface area contributed by atoms with Crippen molar-refractivity contribution in [2.75, 3.05) is 4.90 Å². The van der Waals surface area contributed by atoms with Crippen molar-refractivity contribution in [3.63, 3.8) is 0 Å². The second kappa shape index (κ2) is 6.40. The van der Waals surface area contributed by atoms with Crippen LogP contribution in [0.4, 0.5) is 11.4 Å². The Morgan fingerprint density at radius 2 is 1.48 bits per heavy atom. The van der Waals surface area contributed by atoms with Crippen molar-refractivity contribution in [1.82, 2.24) is 9.55 Å². The number of fused-ring (bicyclic) bond motifs is 3. The van der Waals surface area contributed by atoms with Gasteiger partial charge in [0.15, 0.2) is 4.77 Å². The zero-order valence-corrected chi connectivity index (χ0v) is 15.9. The van der Waals surface area contributed by atoms with Gasteiger partial charge in [-0.1, -0.05) is 48.2 Å². The number of hydrogen-bond acceptors (Lipinski definition) is 3. The lowest BCUT2D eigenvalue weighted by Gasteiger charge is -2.31. The van der Waals surface area contributed by atoms with Crippen molar-refractivity contribution in [2.45, 2.75) is 16.3 Å². The van der Waals surface area contributed by atoms with Gasteiger partial charge in [-0.05, 0) is 48.6 Å². The summed E-state index contributed by atoms with van der Waals surface area (Å²) in [7, 11) is 0. The molecule has 0 saturated carbocycles. The van der Waals surface area contributed by atoms with E-state index in [2.05, 4.69) is 4.98 Å². The Hall–Kier alpha value is -2.83. The molecule has 1 aliphatic rings. The van der Waals surface area contributed by atoms with E-state index in [0.29, 0.717) is 4.77 Å². The molecule has 1 aliphatic heterocycles. The minimum absolute atomic E-state index is 0.0175. The SMILES string of the molecule is O=C(Cn1c(=S)[nH]c2ccccc21)N1c2ccccc2Sc2ccccc21. The molecule has 0 unspecified atom stereocenters. The normalized spacial score (nSPS) is 12.7. The highest BCUT2D eigenvalue weighted by Gasteiger charge is 2.28. The zero-order valence-electron chi connectivity index (χ0n) is 14.3. The summed E-state index contributed by atoms with van der Waals surface area (Å²) in [5.41, 5.74) is 3.70. The molecule has 5 rings (SSSR count). The zero-order chi connectivity index (χ0) is 18.4. The molecule has 0 atom stereocenters. The van der Waals surface area contributed by atoms with Crippen LogP contribution in [0.15, 0.2) is 82.6 Å². The largest absolute Gasteiger partial charge is 0.331 e. The molecule has 3 aromatic carbocycles. The Balaban J connectivity index is 1.61. The number of benzene rings is 3. The molecule has 0 bridgehead atoms. The number of H-pyrrole nitrogens is 1. The van der Waals surface area contributed by atoms with Crippen LogP contribution >= 0.6 is 24.0 Å². The lowest BCUT2D eigenvalue weighted by molar-refractivity contribution is -0.118. The van der Waals surface area contributed by atoms with E-state index in [1.165, 1.54) is 0 Å². The maximum absolute atomic E-state index is 13.4. The van der Waals surface area contributed by atoms with E-state index in [-0.39, 0.29) is 12.5 Å². The van der Waals surface area contributed by atoms with E-state index in [1.807, 2.05) is 82.3 Å². The molecule has 1 amide bonds. The first-order valence-corrected chi connectivity index (χ1v) is 9.81. The summed E-state index contributed by atoms with van der Waals surface area (Å²) in [6.45, 7) is 0.177. The topological polar surface area (TPSA) is 41.0 Å². The maximum Gasteiger partial charge on any atom is 0.251 e. The number of rotatable bonds is 2. The third-order valence-corrected chi connectivity index (χ3v) is 6.11. The minimum atomic E-state index is -0.0175. The van der Waals surface area contributed by atoms with Crippen molar-refractivity contribution < 1.29 is 4.79 Å². The number of carbonyl (C=O) groups is 1. The van der Waals surface area contributed by atoms with Crippen LogP contribution in [0.2, 0.25) is 0 Å². The Morgan fingerprint density at radius 3 is 2.19 bits per heavy atom. The van der Waals surface area contributed by atoms with Crippen LogP contribution in [0.1, 0.15) is 0 Å². The first-order valence-electron chi connectivity index (χ1n) is 8.59. The summed E-state index contributed by atoms with van der Waals surface area (Å²) in [5, 5.41) is 0. The molecule has 132 valence electrons. The number of aromatic nitrogens is 2. The number of imidazole rings is 1. The van der Waals surface area contributed by atoms with Gasteiger partial charge in [0.25, 0.3) is 5.91 Å². The molecule has 0 fully saturated rings. The van der Waals surface area contributed by atoms with Crippen LogP contribution in [-0.2, 0) is 11.3 Å². The molecule has 0 aliphatic carbocycles. The van der Waals surface area contributed by atoms with Gasteiger partial charge in [-0.2, -0.15) is 0 Å². The maximum atomic E-state index is 13.4. The number of para-hydroxylation sites is 4. The van der Waals surface area contributed by atoms with Crippen molar-refractivity contribution in [3.8, 4) is 0 Å². The summed E-state index contributed by atoms with van der Waals surface area (Å²) in [6.07, 6.45) is 0. The smallest absolute Gasteiger partial charge is 0.251 e. The quantitative estimate of drug-likeness (QED) is 0.458. The van der Waals surface area contributed by atoms with Crippen molar-refractivity contribution in [1.29, 1.82) is 0 Å². The molecule has 6 heteroatoms. The highest BCUT2D eigenvalue weighted by atomic mass is 32.2. The Kier molecular flexibility index (Phi) is 3.88. The predicted molar refractivity (Wildman–Crippen MR) is 111 cm³/mol.